The normalized spacial score (nSPS) is 16.4. The van der Waals surface area contributed by atoms with Crippen molar-refractivity contribution in [1.82, 2.24) is 20.4 Å². The van der Waals surface area contributed by atoms with Crippen molar-refractivity contribution in [1.29, 1.82) is 0 Å². The van der Waals surface area contributed by atoms with E-state index in [2.05, 4.69) is 39.4 Å². The molecule has 0 aromatic carbocycles. The first kappa shape index (κ1) is 25.2. The summed E-state index contributed by atoms with van der Waals surface area (Å²) in [5.41, 5.74) is 0. The van der Waals surface area contributed by atoms with Gasteiger partial charge in [0.05, 0.1) is 6.26 Å². The average molecular weight is 507 g/mol. The molecule has 1 fully saturated rings. The fourth-order valence-electron chi connectivity index (χ4n) is 3.10. The highest BCUT2D eigenvalue weighted by Gasteiger charge is 2.11. The fourth-order valence-corrected chi connectivity index (χ4v) is 3.10. The first-order chi connectivity index (χ1) is 13.3. The van der Waals surface area contributed by atoms with Crippen LogP contribution in [-0.4, -0.2) is 81.8 Å². The summed E-state index contributed by atoms with van der Waals surface area (Å²) in [7, 11) is 2.21. The molecule has 1 aromatic heterocycles. The number of hydrogen-bond acceptors (Lipinski definition) is 5. The minimum atomic E-state index is 0. The molecule has 2 N–H and O–H groups in total. The van der Waals surface area contributed by atoms with Crippen molar-refractivity contribution in [3.63, 3.8) is 0 Å². The smallest absolute Gasteiger partial charge is 0.191 e. The molecule has 8 heteroatoms. The van der Waals surface area contributed by atoms with Crippen LogP contribution in [0.25, 0.3) is 0 Å². The molecule has 1 aromatic rings. The monoisotopic (exact) mass is 507 g/mol. The Morgan fingerprint density at radius 2 is 2.11 bits per heavy atom. The van der Waals surface area contributed by atoms with E-state index in [1.807, 2.05) is 12.1 Å². The lowest BCUT2D eigenvalue weighted by molar-refractivity contribution is 0.105. The first-order valence-corrected chi connectivity index (χ1v) is 10.3. The number of nitrogens with zero attached hydrogens (tertiary/aromatic N) is 3. The zero-order valence-corrected chi connectivity index (χ0v) is 19.8. The topological polar surface area (TPSA) is 65.3 Å². The van der Waals surface area contributed by atoms with Crippen LogP contribution in [0.5, 0.6) is 0 Å². The van der Waals surface area contributed by atoms with E-state index >= 15 is 0 Å². The van der Waals surface area contributed by atoms with Gasteiger partial charge in [0.2, 0.25) is 0 Å². The largest absolute Gasteiger partial charge is 0.467 e. The highest BCUT2D eigenvalue weighted by molar-refractivity contribution is 14.0. The molecule has 0 atom stereocenters. The van der Waals surface area contributed by atoms with E-state index in [4.69, 9.17) is 9.15 Å². The number of aliphatic imine (C=N–C) groups is 1. The van der Waals surface area contributed by atoms with Crippen LogP contribution in [0.4, 0.5) is 0 Å². The number of furan rings is 1. The number of guanidine groups is 1. The maximum absolute atomic E-state index is 5.59. The lowest BCUT2D eigenvalue weighted by atomic mass is 10.3. The van der Waals surface area contributed by atoms with Gasteiger partial charge >= 0.3 is 0 Å². The van der Waals surface area contributed by atoms with Crippen LogP contribution in [0, 0.1) is 0 Å². The van der Waals surface area contributed by atoms with Crippen molar-refractivity contribution in [3.05, 3.63) is 24.2 Å². The van der Waals surface area contributed by atoms with Gasteiger partial charge in [-0.05, 0) is 65.0 Å². The molecule has 7 nitrogen and oxygen atoms in total. The van der Waals surface area contributed by atoms with Crippen LogP contribution in [0.1, 0.15) is 31.9 Å². The van der Waals surface area contributed by atoms with E-state index in [1.165, 1.54) is 32.6 Å². The Morgan fingerprint density at radius 3 is 2.89 bits per heavy atom. The van der Waals surface area contributed by atoms with E-state index in [-0.39, 0.29) is 24.0 Å². The minimum Gasteiger partial charge on any atom is -0.467 e. The average Bonchev–Trinajstić information content (AvgIpc) is 3.10. The molecular weight excluding hydrogens is 469 g/mol. The summed E-state index contributed by atoms with van der Waals surface area (Å²) >= 11 is 0. The van der Waals surface area contributed by atoms with Crippen molar-refractivity contribution in [2.45, 2.75) is 32.8 Å². The highest BCUT2D eigenvalue weighted by atomic mass is 127. The predicted octanol–water partition coefficient (Wildman–Crippen LogP) is 2.39. The van der Waals surface area contributed by atoms with Crippen molar-refractivity contribution in [2.75, 3.05) is 66.0 Å². The van der Waals surface area contributed by atoms with Gasteiger partial charge in [-0.15, -0.1) is 24.0 Å². The van der Waals surface area contributed by atoms with E-state index in [0.717, 1.165) is 50.7 Å². The third-order valence-corrected chi connectivity index (χ3v) is 4.64. The third kappa shape index (κ3) is 11.2. The molecule has 1 aliphatic rings. The second-order valence-electron chi connectivity index (χ2n) is 7.02. The van der Waals surface area contributed by atoms with Gasteiger partial charge in [-0.1, -0.05) is 0 Å². The van der Waals surface area contributed by atoms with Gasteiger partial charge in [-0.3, -0.25) is 4.99 Å². The Labute approximate surface area is 187 Å². The summed E-state index contributed by atoms with van der Waals surface area (Å²) < 4.78 is 10.8. The molecule has 0 amide bonds. The summed E-state index contributed by atoms with van der Waals surface area (Å²) in [6.45, 7) is 11.8. The number of halogens is 1. The Hall–Kier alpha value is -0.840. The molecule has 1 saturated heterocycles. The highest BCUT2D eigenvalue weighted by Crippen LogP contribution is 2.02. The molecule has 28 heavy (non-hydrogen) atoms. The van der Waals surface area contributed by atoms with Crippen molar-refractivity contribution >= 4 is 29.9 Å². The zero-order valence-electron chi connectivity index (χ0n) is 17.5. The van der Waals surface area contributed by atoms with Crippen molar-refractivity contribution in [2.24, 2.45) is 4.99 Å². The van der Waals surface area contributed by atoms with Gasteiger partial charge in [0, 0.05) is 39.3 Å². The van der Waals surface area contributed by atoms with Gasteiger partial charge in [-0.2, -0.15) is 0 Å². The van der Waals surface area contributed by atoms with Crippen LogP contribution in [-0.2, 0) is 11.3 Å². The molecule has 0 unspecified atom stereocenters. The Balaban J connectivity index is 0.00000392. The molecule has 2 heterocycles. The molecule has 162 valence electrons. The summed E-state index contributed by atoms with van der Waals surface area (Å²) in [5.74, 6) is 1.77. The van der Waals surface area contributed by atoms with Gasteiger partial charge in [0.25, 0.3) is 0 Å². The number of rotatable bonds is 11. The molecule has 1 aliphatic heterocycles. The molecule has 0 saturated carbocycles. The molecule has 0 spiro atoms. The number of ether oxygens (including phenoxy) is 1. The standard InChI is InChI=1S/C20H37N5O2.HI/c1-3-21-20(23-10-6-16-26-18-19-8-4-17-27-19)22-9-5-12-25-13-7-11-24(2)14-15-25;/h4,8,17H,3,5-7,9-16,18H2,1-2H3,(H2,21,22,23);1H. The maximum atomic E-state index is 5.59. The van der Waals surface area contributed by atoms with E-state index in [0.29, 0.717) is 13.2 Å². The van der Waals surface area contributed by atoms with Crippen LogP contribution >= 0.6 is 24.0 Å². The molecule has 0 radical (unpaired) electrons. The summed E-state index contributed by atoms with van der Waals surface area (Å²) in [6, 6.07) is 3.80. The lowest BCUT2D eigenvalue weighted by Crippen LogP contribution is -2.39. The van der Waals surface area contributed by atoms with E-state index in [1.54, 1.807) is 6.26 Å². The van der Waals surface area contributed by atoms with Gasteiger partial charge in [0.15, 0.2) is 5.96 Å². The third-order valence-electron chi connectivity index (χ3n) is 4.64. The quantitative estimate of drug-likeness (QED) is 0.208. The second kappa shape index (κ2) is 16.0. The predicted molar refractivity (Wildman–Crippen MR) is 126 cm³/mol. The summed E-state index contributed by atoms with van der Waals surface area (Å²) in [6.07, 6.45) is 4.98. The SMILES string of the molecule is CCNC(=NCCCOCc1ccco1)NCCCN1CCCN(C)CC1.I. The van der Waals surface area contributed by atoms with E-state index in [9.17, 15) is 0 Å². The Kier molecular flexibility index (Phi) is 14.4. The summed E-state index contributed by atoms with van der Waals surface area (Å²) in [5, 5.41) is 6.76. The zero-order chi connectivity index (χ0) is 19.2. The molecule has 0 aliphatic carbocycles. The Bertz CT molecular complexity index is 513. The molecule has 0 bridgehead atoms. The minimum absolute atomic E-state index is 0. The molecule has 2 rings (SSSR count). The van der Waals surface area contributed by atoms with Crippen molar-refractivity contribution < 1.29 is 9.15 Å². The fraction of sp³-hybridized carbons (Fsp3) is 0.750. The Morgan fingerprint density at radius 1 is 1.21 bits per heavy atom. The summed E-state index contributed by atoms with van der Waals surface area (Å²) in [4.78, 5) is 9.63. The van der Waals surface area contributed by atoms with Crippen LogP contribution < -0.4 is 10.6 Å². The van der Waals surface area contributed by atoms with Gasteiger partial charge in [-0.25, -0.2) is 0 Å². The number of nitrogens with one attached hydrogen (secondary N) is 2. The molecular formula is C20H38IN5O2. The maximum Gasteiger partial charge on any atom is 0.191 e. The van der Waals surface area contributed by atoms with Gasteiger partial charge in [0.1, 0.15) is 12.4 Å². The lowest BCUT2D eigenvalue weighted by Gasteiger charge is -2.20. The number of likely N-dealkylation sites (N-methyl/N-ethyl adjacent to an activating group) is 1. The van der Waals surface area contributed by atoms with Crippen LogP contribution in [0.3, 0.4) is 0 Å². The first-order valence-electron chi connectivity index (χ1n) is 10.3. The van der Waals surface area contributed by atoms with Crippen LogP contribution in [0.15, 0.2) is 27.8 Å². The second-order valence-corrected chi connectivity index (χ2v) is 7.02. The number of hydrogen-bond donors (Lipinski definition) is 2. The van der Waals surface area contributed by atoms with E-state index < -0.39 is 0 Å². The van der Waals surface area contributed by atoms with Crippen LogP contribution in [0.2, 0.25) is 0 Å². The van der Waals surface area contributed by atoms with Crippen molar-refractivity contribution in [3.8, 4) is 0 Å². The van der Waals surface area contributed by atoms with Gasteiger partial charge < -0.3 is 29.6 Å².